The Morgan fingerprint density at radius 1 is 1.25 bits per heavy atom. The van der Waals surface area contributed by atoms with Crippen LogP contribution in [-0.4, -0.2) is 60.0 Å². The first kappa shape index (κ1) is 26.8. The van der Waals surface area contributed by atoms with Crippen LogP contribution in [0.5, 0.6) is 0 Å². The fourth-order valence-electron chi connectivity index (χ4n) is 2.58. The summed E-state index contributed by atoms with van der Waals surface area (Å²) < 4.78 is 79.7. The van der Waals surface area contributed by atoms with Crippen LogP contribution in [-0.2, 0) is 31.6 Å². The number of alkyl halides is 2. The van der Waals surface area contributed by atoms with Crippen LogP contribution in [0.1, 0.15) is 0 Å². The average molecular weight is 524 g/mol. The minimum atomic E-state index is -5.87. The highest BCUT2D eigenvalue weighted by atomic mass is 31.3. The van der Waals surface area contributed by atoms with Gasteiger partial charge in [0.25, 0.3) is 0 Å². The van der Waals surface area contributed by atoms with Crippen molar-refractivity contribution < 1.29 is 65.0 Å². The molecule has 180 valence electrons. The van der Waals surface area contributed by atoms with E-state index in [1.807, 2.05) is 0 Å². The molecule has 0 bridgehead atoms. The van der Waals surface area contributed by atoms with Crippen LogP contribution in [0.2, 0.25) is 0 Å². The van der Waals surface area contributed by atoms with Gasteiger partial charge in [0.15, 0.2) is 11.7 Å². The van der Waals surface area contributed by atoms with E-state index in [4.69, 9.17) is 31.6 Å². The van der Waals surface area contributed by atoms with Crippen molar-refractivity contribution in [3.63, 3.8) is 0 Å². The number of hydrogen-bond donors (Lipinski definition) is 6. The number of phosphoric ester groups is 1. The number of hydrogen-bond acceptors (Lipinski definition) is 10. The van der Waals surface area contributed by atoms with E-state index in [-0.39, 0.29) is 11.4 Å². The van der Waals surface area contributed by atoms with Gasteiger partial charge in [0.2, 0.25) is 6.23 Å². The molecule has 0 saturated carbocycles. The second-order valence-electron chi connectivity index (χ2n) is 6.30. The van der Waals surface area contributed by atoms with Crippen LogP contribution >= 0.6 is 23.5 Å². The zero-order valence-corrected chi connectivity index (χ0v) is 18.3. The van der Waals surface area contributed by atoms with Crippen molar-refractivity contribution in [2.45, 2.75) is 23.9 Å². The summed E-state index contributed by atoms with van der Waals surface area (Å²) in [6, 6.07) is 0. The fourth-order valence-corrected chi connectivity index (χ4v) is 5.63. The summed E-state index contributed by atoms with van der Waals surface area (Å²) in [5.74, 6) is -2.44. The lowest BCUT2D eigenvalue weighted by molar-refractivity contribution is -0.149. The molecule has 7 N–H and O–H groups in total. The number of phosphoric acid groups is 3. The van der Waals surface area contributed by atoms with Gasteiger partial charge >= 0.3 is 29.4 Å². The van der Waals surface area contributed by atoms with E-state index in [2.05, 4.69) is 19.7 Å². The Kier molecular flexibility index (Phi) is 7.32. The van der Waals surface area contributed by atoms with E-state index >= 15 is 0 Å². The van der Waals surface area contributed by atoms with E-state index in [1.165, 1.54) is 12.2 Å². The zero-order valence-electron chi connectivity index (χ0n) is 15.6. The normalized spacial score (nSPS) is 31.5. The number of nitrogens with two attached hydrogens (primary N) is 1. The summed E-state index contributed by atoms with van der Waals surface area (Å²) in [5.41, 5.74) is 2.82. The summed E-state index contributed by atoms with van der Waals surface area (Å²) >= 11 is 0. The topological polar surface area (TPSA) is 219 Å². The molecule has 32 heavy (non-hydrogen) atoms. The standard InChI is InChI=1S/C13H17F2N2O12P3/c1-3-12(7-26-31(22,23)29-32(24,25)28-30(19,20)21)10(18)13(14,15)11(27-12)17-5-4-9(16)6-8(17)2/h1,4-6,10-11,18H,2,7,16H2,(H,22,23)(H,24,25)(H2,19,20,21)/t10-,11-,12-/m1/s1. The third kappa shape index (κ3) is 5.92. The first-order valence-electron chi connectivity index (χ1n) is 7.97. The Balaban J connectivity index is 2.23. The molecule has 2 aliphatic heterocycles. The van der Waals surface area contributed by atoms with Gasteiger partial charge in [-0.25, -0.2) is 13.7 Å². The predicted molar refractivity (Wildman–Crippen MR) is 99.6 cm³/mol. The molecule has 0 aromatic rings. The minimum absolute atomic E-state index is 0.0809. The highest BCUT2D eigenvalue weighted by molar-refractivity contribution is 7.66. The molecule has 0 radical (unpaired) electrons. The van der Waals surface area contributed by atoms with Gasteiger partial charge in [-0.05, 0) is 12.2 Å². The lowest BCUT2D eigenvalue weighted by atomic mass is 9.96. The predicted octanol–water partition coefficient (Wildman–Crippen LogP) is 0.240. The maximum absolute atomic E-state index is 14.8. The molecular weight excluding hydrogens is 507 g/mol. The molecular formula is C13H17F2N2O12P3. The molecule has 14 nitrogen and oxygen atoms in total. The minimum Gasteiger partial charge on any atom is -0.399 e. The summed E-state index contributed by atoms with van der Waals surface area (Å²) in [6.07, 6.45) is 3.53. The second-order valence-corrected chi connectivity index (χ2v) is 10.7. The van der Waals surface area contributed by atoms with Gasteiger partial charge in [0, 0.05) is 17.6 Å². The van der Waals surface area contributed by atoms with Crippen molar-refractivity contribution in [2.24, 2.45) is 5.73 Å². The van der Waals surface area contributed by atoms with Crippen LogP contribution in [0.3, 0.4) is 0 Å². The third-order valence-corrected chi connectivity index (χ3v) is 7.69. The van der Waals surface area contributed by atoms with Crippen molar-refractivity contribution >= 4 is 23.5 Å². The number of halogens is 2. The number of ether oxygens (including phenoxy) is 1. The van der Waals surface area contributed by atoms with Crippen molar-refractivity contribution in [3.8, 4) is 12.3 Å². The van der Waals surface area contributed by atoms with Crippen LogP contribution in [0.4, 0.5) is 8.78 Å². The molecule has 5 atom stereocenters. The second kappa shape index (κ2) is 8.73. The van der Waals surface area contributed by atoms with Gasteiger partial charge in [0.1, 0.15) is 6.61 Å². The Morgan fingerprint density at radius 2 is 1.84 bits per heavy atom. The Morgan fingerprint density at radius 3 is 2.34 bits per heavy atom. The number of aliphatic hydroxyl groups excluding tert-OH is 1. The molecule has 1 fully saturated rings. The molecule has 0 aromatic carbocycles. The number of terminal acetylenes is 1. The van der Waals surface area contributed by atoms with E-state index in [1.54, 1.807) is 5.92 Å². The van der Waals surface area contributed by atoms with Gasteiger partial charge in [-0.15, -0.1) is 6.42 Å². The van der Waals surface area contributed by atoms with Gasteiger partial charge in [-0.3, -0.25) is 4.52 Å². The summed E-state index contributed by atoms with van der Waals surface area (Å²) in [6.45, 7) is 2.01. The summed E-state index contributed by atoms with van der Waals surface area (Å²) in [5, 5.41) is 10.1. The quantitative estimate of drug-likeness (QED) is 0.185. The molecule has 19 heteroatoms. The molecule has 2 heterocycles. The highest BCUT2D eigenvalue weighted by Crippen LogP contribution is 2.66. The smallest absolute Gasteiger partial charge is 0.399 e. The first-order chi connectivity index (χ1) is 14.3. The molecule has 0 aromatic heterocycles. The maximum Gasteiger partial charge on any atom is 0.490 e. The van der Waals surface area contributed by atoms with E-state index < -0.39 is 53.9 Å². The lowest BCUT2D eigenvalue weighted by Crippen LogP contribution is -2.49. The lowest BCUT2D eigenvalue weighted by Gasteiger charge is -2.32. The molecule has 2 unspecified atom stereocenters. The SMILES string of the molecule is C#C[C@]1(COP(=O)(O)OP(=O)(O)OP(=O)(O)O)O[C@@H](N2C=CC(N)=CC2=C)C(F)(F)[C@@H]1O. The van der Waals surface area contributed by atoms with Crippen molar-refractivity contribution in [1.29, 1.82) is 0 Å². The molecule has 2 aliphatic rings. The largest absolute Gasteiger partial charge is 0.490 e. The average Bonchev–Trinajstić information content (AvgIpc) is 2.78. The third-order valence-electron chi connectivity index (χ3n) is 3.90. The van der Waals surface area contributed by atoms with Crippen LogP contribution in [0, 0.1) is 12.3 Å². The van der Waals surface area contributed by atoms with Gasteiger partial charge in [-0.1, -0.05) is 12.5 Å². The molecule has 0 spiro atoms. The number of aliphatic hydroxyl groups is 1. The highest BCUT2D eigenvalue weighted by Gasteiger charge is 2.68. The van der Waals surface area contributed by atoms with E-state index in [9.17, 15) is 32.5 Å². The van der Waals surface area contributed by atoms with Crippen molar-refractivity contribution in [2.75, 3.05) is 6.61 Å². The number of rotatable bonds is 8. The number of nitrogens with zero attached hydrogens (tertiary/aromatic N) is 1. The van der Waals surface area contributed by atoms with Crippen molar-refractivity contribution in [1.82, 2.24) is 4.90 Å². The van der Waals surface area contributed by atoms with Gasteiger partial charge in [0.05, 0.1) is 0 Å². The molecule has 1 saturated heterocycles. The van der Waals surface area contributed by atoms with Crippen molar-refractivity contribution in [3.05, 3.63) is 36.3 Å². The molecule has 2 rings (SSSR count). The monoisotopic (exact) mass is 524 g/mol. The Labute approximate surface area is 179 Å². The Bertz CT molecular complexity index is 1040. The zero-order chi connectivity index (χ0) is 24.8. The van der Waals surface area contributed by atoms with E-state index in [0.29, 0.717) is 0 Å². The molecule has 0 amide bonds. The van der Waals surface area contributed by atoms with Crippen LogP contribution in [0.15, 0.2) is 36.3 Å². The van der Waals surface area contributed by atoms with Crippen LogP contribution in [0.25, 0.3) is 0 Å². The maximum atomic E-state index is 14.8. The first-order valence-corrected chi connectivity index (χ1v) is 12.5. The van der Waals surface area contributed by atoms with Crippen LogP contribution < -0.4 is 5.73 Å². The van der Waals surface area contributed by atoms with Gasteiger partial charge < -0.3 is 40.1 Å². The Hall–Kier alpha value is -1.43. The summed E-state index contributed by atoms with van der Waals surface area (Å²) in [7, 11) is -17.3. The summed E-state index contributed by atoms with van der Waals surface area (Å²) in [4.78, 5) is 36.4. The fraction of sp³-hybridized carbons (Fsp3) is 0.385. The number of allylic oxidation sites excluding steroid dienone is 2. The van der Waals surface area contributed by atoms with E-state index in [0.717, 1.165) is 11.1 Å². The van der Waals surface area contributed by atoms with Gasteiger partial charge in [-0.2, -0.15) is 17.4 Å². The molecule has 0 aliphatic carbocycles.